The molecule has 0 aliphatic heterocycles. The number of rotatable bonds is 10. The normalized spacial score (nSPS) is 13.1. The van der Waals surface area contributed by atoms with Crippen LogP contribution in [0, 0.1) is 11.6 Å². The summed E-state index contributed by atoms with van der Waals surface area (Å²) >= 11 is 0. The zero-order valence-corrected chi connectivity index (χ0v) is 17.9. The van der Waals surface area contributed by atoms with Gasteiger partial charge in [-0.15, -0.1) is 0 Å². The Morgan fingerprint density at radius 1 is 1.06 bits per heavy atom. The molecular formula is C23H24F2N6O2. The van der Waals surface area contributed by atoms with E-state index in [9.17, 15) is 13.9 Å². The number of imidazole rings is 1. The van der Waals surface area contributed by atoms with Crippen LogP contribution in [0.3, 0.4) is 0 Å². The molecule has 0 radical (unpaired) electrons. The molecule has 0 fully saturated rings. The molecule has 33 heavy (non-hydrogen) atoms. The Balaban J connectivity index is 1.50. The summed E-state index contributed by atoms with van der Waals surface area (Å²) in [5.74, 6) is -0.166. The summed E-state index contributed by atoms with van der Waals surface area (Å²) in [6.45, 7) is 0.734. The molecule has 172 valence electrons. The van der Waals surface area contributed by atoms with Crippen molar-refractivity contribution in [3.8, 4) is 5.75 Å². The maximum Gasteiger partial charge on any atom is 0.182 e. The van der Waals surface area contributed by atoms with E-state index in [-0.39, 0.29) is 13.0 Å². The number of methoxy groups -OCH3 is 1. The number of nitrogens with one attached hydrogen (secondary N) is 3. The second-order valence-electron chi connectivity index (χ2n) is 7.61. The summed E-state index contributed by atoms with van der Waals surface area (Å²) < 4.78 is 32.7. The number of aliphatic hydroxyl groups is 1. The van der Waals surface area contributed by atoms with Crippen molar-refractivity contribution in [1.29, 1.82) is 0 Å². The number of nitrogens with zero attached hydrogens (tertiary/aromatic N) is 3. The van der Waals surface area contributed by atoms with Gasteiger partial charge < -0.3 is 25.5 Å². The van der Waals surface area contributed by atoms with E-state index in [4.69, 9.17) is 4.74 Å². The standard InChI is InChI=1S/C23H24F2N6O2/c1-33-18-4-2-3-14(7-18)10-26-11-20(32)19(8-15-5-16(24)9-17(25)6-15)31-23-21-22(28-12-27-21)29-13-30-23/h2-7,9,12-13,19-20,26,32H,8,10-11H2,1H3,(H2,27,28,29,30,31). The van der Waals surface area contributed by atoms with Crippen molar-refractivity contribution < 1.29 is 18.6 Å². The molecular weight excluding hydrogens is 430 g/mol. The topological polar surface area (TPSA) is 108 Å². The molecule has 0 spiro atoms. The second kappa shape index (κ2) is 10.3. The first kappa shape index (κ1) is 22.6. The zero-order valence-electron chi connectivity index (χ0n) is 17.9. The number of fused-ring (bicyclic) bond motifs is 1. The largest absolute Gasteiger partial charge is 0.497 e. The zero-order chi connectivity index (χ0) is 23.2. The molecule has 2 atom stereocenters. The Morgan fingerprint density at radius 2 is 1.88 bits per heavy atom. The van der Waals surface area contributed by atoms with Crippen LogP contribution in [-0.2, 0) is 13.0 Å². The molecule has 0 bridgehead atoms. The van der Waals surface area contributed by atoms with Gasteiger partial charge in [0.2, 0.25) is 0 Å². The Morgan fingerprint density at radius 3 is 2.67 bits per heavy atom. The highest BCUT2D eigenvalue weighted by Gasteiger charge is 2.22. The summed E-state index contributed by atoms with van der Waals surface area (Å²) in [6.07, 6.45) is 2.11. The highest BCUT2D eigenvalue weighted by molar-refractivity contribution is 5.82. The summed E-state index contributed by atoms with van der Waals surface area (Å²) in [5.41, 5.74) is 2.44. The summed E-state index contributed by atoms with van der Waals surface area (Å²) in [7, 11) is 1.60. The molecule has 2 aromatic carbocycles. The molecule has 0 saturated heterocycles. The fraction of sp³-hybridized carbons (Fsp3) is 0.261. The number of ether oxygens (including phenoxy) is 1. The van der Waals surface area contributed by atoms with Crippen LogP contribution in [0.1, 0.15) is 11.1 Å². The number of benzene rings is 2. The minimum atomic E-state index is -0.908. The number of H-pyrrole nitrogens is 1. The Kier molecular flexibility index (Phi) is 7.06. The third-order valence-corrected chi connectivity index (χ3v) is 5.20. The molecule has 0 aliphatic carbocycles. The molecule has 2 aromatic heterocycles. The van der Waals surface area contributed by atoms with E-state index in [1.165, 1.54) is 24.8 Å². The first-order chi connectivity index (χ1) is 16.0. The van der Waals surface area contributed by atoms with Gasteiger partial charge in [-0.25, -0.2) is 23.7 Å². The van der Waals surface area contributed by atoms with E-state index < -0.39 is 23.8 Å². The molecule has 0 aliphatic rings. The van der Waals surface area contributed by atoms with Gasteiger partial charge in [0.15, 0.2) is 11.5 Å². The van der Waals surface area contributed by atoms with Crippen molar-refractivity contribution in [2.75, 3.05) is 19.0 Å². The molecule has 10 heteroatoms. The van der Waals surface area contributed by atoms with Crippen molar-refractivity contribution in [2.45, 2.75) is 25.1 Å². The fourth-order valence-corrected chi connectivity index (χ4v) is 3.61. The summed E-state index contributed by atoms with van der Waals surface area (Å²) in [6, 6.07) is 10.3. The van der Waals surface area contributed by atoms with Crippen LogP contribution in [-0.4, -0.2) is 50.8 Å². The number of hydrogen-bond acceptors (Lipinski definition) is 7. The SMILES string of the molecule is COc1cccc(CNCC(O)C(Cc2cc(F)cc(F)c2)Nc2ncnc3nc[nH]c23)c1. The van der Waals surface area contributed by atoms with Crippen molar-refractivity contribution >= 4 is 17.0 Å². The van der Waals surface area contributed by atoms with E-state index in [0.29, 0.717) is 29.1 Å². The van der Waals surface area contributed by atoms with Crippen LogP contribution in [0.25, 0.3) is 11.2 Å². The monoisotopic (exact) mass is 454 g/mol. The van der Waals surface area contributed by atoms with Crippen LogP contribution in [0.15, 0.2) is 55.1 Å². The van der Waals surface area contributed by atoms with Gasteiger partial charge in [0.25, 0.3) is 0 Å². The van der Waals surface area contributed by atoms with Gasteiger partial charge in [-0.2, -0.15) is 0 Å². The number of aromatic nitrogens is 4. The van der Waals surface area contributed by atoms with Gasteiger partial charge in [0.05, 0.1) is 25.6 Å². The lowest BCUT2D eigenvalue weighted by molar-refractivity contribution is 0.148. The predicted molar refractivity (Wildman–Crippen MR) is 120 cm³/mol. The molecule has 2 unspecified atom stereocenters. The quantitative estimate of drug-likeness (QED) is 0.292. The van der Waals surface area contributed by atoms with E-state index in [1.807, 2.05) is 24.3 Å². The third-order valence-electron chi connectivity index (χ3n) is 5.20. The number of halogens is 2. The Hall–Kier alpha value is -3.63. The average Bonchev–Trinajstić information content (AvgIpc) is 3.28. The van der Waals surface area contributed by atoms with Crippen molar-refractivity contribution in [3.63, 3.8) is 0 Å². The van der Waals surface area contributed by atoms with E-state index in [0.717, 1.165) is 17.4 Å². The number of anilines is 1. The Bertz CT molecular complexity index is 1200. The maximum atomic E-state index is 13.7. The van der Waals surface area contributed by atoms with Crippen LogP contribution in [0.5, 0.6) is 5.75 Å². The highest BCUT2D eigenvalue weighted by atomic mass is 19.1. The predicted octanol–water partition coefficient (Wildman–Crippen LogP) is 2.81. The van der Waals surface area contributed by atoms with Crippen LogP contribution < -0.4 is 15.4 Å². The number of aromatic amines is 1. The van der Waals surface area contributed by atoms with Gasteiger partial charge in [-0.1, -0.05) is 12.1 Å². The first-order valence-corrected chi connectivity index (χ1v) is 10.4. The summed E-state index contributed by atoms with van der Waals surface area (Å²) in [5, 5.41) is 17.4. The lowest BCUT2D eigenvalue weighted by atomic mass is 10.0. The average molecular weight is 454 g/mol. The van der Waals surface area contributed by atoms with Gasteiger partial charge in [0.1, 0.15) is 29.2 Å². The van der Waals surface area contributed by atoms with Crippen LogP contribution in [0.2, 0.25) is 0 Å². The minimum Gasteiger partial charge on any atom is -0.497 e. The molecule has 0 amide bonds. The maximum absolute atomic E-state index is 13.7. The van der Waals surface area contributed by atoms with Crippen LogP contribution >= 0.6 is 0 Å². The first-order valence-electron chi connectivity index (χ1n) is 10.4. The smallest absolute Gasteiger partial charge is 0.182 e. The molecule has 4 rings (SSSR count). The number of hydrogen-bond donors (Lipinski definition) is 4. The molecule has 2 heterocycles. The van der Waals surface area contributed by atoms with Crippen molar-refractivity contribution in [3.05, 3.63) is 77.9 Å². The lowest BCUT2D eigenvalue weighted by Crippen LogP contribution is -2.42. The molecule has 0 saturated carbocycles. The highest BCUT2D eigenvalue weighted by Crippen LogP contribution is 2.19. The van der Waals surface area contributed by atoms with E-state index in [2.05, 4.69) is 30.6 Å². The fourth-order valence-electron chi connectivity index (χ4n) is 3.61. The summed E-state index contributed by atoms with van der Waals surface area (Å²) in [4.78, 5) is 15.4. The number of aliphatic hydroxyl groups excluding tert-OH is 1. The van der Waals surface area contributed by atoms with Gasteiger partial charge in [0, 0.05) is 19.2 Å². The van der Waals surface area contributed by atoms with Crippen molar-refractivity contribution in [2.24, 2.45) is 0 Å². The second-order valence-corrected chi connectivity index (χ2v) is 7.61. The van der Waals surface area contributed by atoms with Gasteiger partial charge in [-0.3, -0.25) is 0 Å². The van der Waals surface area contributed by atoms with Crippen molar-refractivity contribution in [1.82, 2.24) is 25.3 Å². The minimum absolute atomic E-state index is 0.163. The third kappa shape index (κ3) is 5.79. The molecule has 4 N–H and O–H groups in total. The van der Waals surface area contributed by atoms with E-state index in [1.54, 1.807) is 7.11 Å². The van der Waals surface area contributed by atoms with Gasteiger partial charge >= 0.3 is 0 Å². The molecule has 4 aromatic rings. The lowest BCUT2D eigenvalue weighted by Gasteiger charge is -2.25. The van der Waals surface area contributed by atoms with Gasteiger partial charge in [-0.05, 0) is 41.8 Å². The molecule has 8 nitrogen and oxygen atoms in total. The van der Waals surface area contributed by atoms with E-state index >= 15 is 0 Å². The Labute approximate surface area is 189 Å². The van der Waals surface area contributed by atoms with Crippen LogP contribution in [0.4, 0.5) is 14.6 Å².